The molecule has 0 spiro atoms. The van der Waals surface area contributed by atoms with E-state index in [1.807, 2.05) is 0 Å². The first kappa shape index (κ1) is 8.18. The van der Waals surface area contributed by atoms with Crippen LogP contribution in [0.15, 0.2) is 12.1 Å². The molecular formula is C7H4FIN2S. The molecular weight excluding hydrogens is 290 g/mol. The predicted molar refractivity (Wildman–Crippen MR) is 56.7 cm³/mol. The van der Waals surface area contributed by atoms with Gasteiger partial charge in [0.1, 0.15) is 11.3 Å². The molecule has 0 fully saturated rings. The highest BCUT2D eigenvalue weighted by molar-refractivity contribution is 14.1. The molecule has 0 aliphatic rings. The summed E-state index contributed by atoms with van der Waals surface area (Å²) in [5.74, 6) is -0.307. The van der Waals surface area contributed by atoms with Crippen molar-refractivity contribution in [2.75, 3.05) is 5.73 Å². The lowest BCUT2D eigenvalue weighted by Crippen LogP contribution is -1.82. The Kier molecular flexibility index (Phi) is 1.91. The molecule has 0 atom stereocenters. The molecule has 0 aliphatic carbocycles. The van der Waals surface area contributed by atoms with E-state index in [9.17, 15) is 4.39 Å². The summed E-state index contributed by atoms with van der Waals surface area (Å²) in [6.45, 7) is 0. The van der Waals surface area contributed by atoms with E-state index in [-0.39, 0.29) is 5.82 Å². The van der Waals surface area contributed by atoms with Gasteiger partial charge < -0.3 is 5.73 Å². The topological polar surface area (TPSA) is 38.9 Å². The van der Waals surface area contributed by atoms with E-state index in [1.165, 1.54) is 17.4 Å². The standard InChI is InChI=1S/C7H4FIN2S/c8-3-1-2-4(9)6-5(3)11-7(10)12-6/h1-2H,(H2,10,11). The van der Waals surface area contributed by atoms with Crippen molar-refractivity contribution >= 4 is 49.3 Å². The molecule has 2 N–H and O–H groups in total. The van der Waals surface area contributed by atoms with Gasteiger partial charge in [-0.05, 0) is 34.7 Å². The summed E-state index contributed by atoms with van der Waals surface area (Å²) in [5.41, 5.74) is 5.84. The zero-order valence-electron chi connectivity index (χ0n) is 5.84. The molecule has 0 unspecified atom stereocenters. The van der Waals surface area contributed by atoms with Gasteiger partial charge in [-0.2, -0.15) is 0 Å². The molecule has 12 heavy (non-hydrogen) atoms. The maximum absolute atomic E-state index is 13.1. The van der Waals surface area contributed by atoms with Crippen LogP contribution in [0.4, 0.5) is 9.52 Å². The number of nitrogen functional groups attached to an aromatic ring is 1. The molecule has 1 aromatic carbocycles. The third-order valence-electron chi connectivity index (χ3n) is 1.46. The number of hydrogen-bond donors (Lipinski definition) is 1. The van der Waals surface area contributed by atoms with Crippen LogP contribution in [0.25, 0.3) is 10.2 Å². The van der Waals surface area contributed by atoms with Crippen molar-refractivity contribution in [3.63, 3.8) is 0 Å². The van der Waals surface area contributed by atoms with E-state index < -0.39 is 0 Å². The molecule has 0 aliphatic heterocycles. The van der Waals surface area contributed by atoms with Gasteiger partial charge in [0.05, 0.1) is 4.70 Å². The van der Waals surface area contributed by atoms with Crippen LogP contribution >= 0.6 is 33.9 Å². The van der Waals surface area contributed by atoms with Crippen molar-refractivity contribution in [3.8, 4) is 0 Å². The largest absolute Gasteiger partial charge is 0.375 e. The van der Waals surface area contributed by atoms with Gasteiger partial charge >= 0.3 is 0 Å². The number of anilines is 1. The van der Waals surface area contributed by atoms with Gasteiger partial charge in [-0.3, -0.25) is 0 Å². The third-order valence-corrected chi connectivity index (χ3v) is 3.65. The Morgan fingerprint density at radius 2 is 2.25 bits per heavy atom. The minimum atomic E-state index is -0.307. The van der Waals surface area contributed by atoms with Gasteiger partial charge in [0.25, 0.3) is 0 Å². The maximum atomic E-state index is 13.1. The lowest BCUT2D eigenvalue weighted by molar-refractivity contribution is 0.637. The molecule has 5 heteroatoms. The first-order valence-electron chi connectivity index (χ1n) is 3.18. The highest BCUT2D eigenvalue weighted by Gasteiger charge is 2.08. The Morgan fingerprint density at radius 3 is 2.92 bits per heavy atom. The second kappa shape index (κ2) is 2.81. The number of benzene rings is 1. The van der Waals surface area contributed by atoms with E-state index >= 15 is 0 Å². The van der Waals surface area contributed by atoms with Crippen molar-refractivity contribution < 1.29 is 4.39 Å². The van der Waals surface area contributed by atoms with E-state index in [2.05, 4.69) is 27.6 Å². The second-order valence-corrected chi connectivity index (χ2v) is 4.45. The van der Waals surface area contributed by atoms with Crippen molar-refractivity contribution in [3.05, 3.63) is 21.5 Å². The van der Waals surface area contributed by atoms with Crippen LogP contribution in [0, 0.1) is 9.39 Å². The van der Waals surface area contributed by atoms with Crippen LogP contribution in [-0.2, 0) is 0 Å². The molecule has 1 heterocycles. The van der Waals surface area contributed by atoms with Crippen LogP contribution < -0.4 is 5.73 Å². The molecule has 0 saturated carbocycles. The zero-order chi connectivity index (χ0) is 8.72. The lowest BCUT2D eigenvalue weighted by Gasteiger charge is -1.91. The van der Waals surface area contributed by atoms with E-state index in [1.54, 1.807) is 6.07 Å². The van der Waals surface area contributed by atoms with Crippen molar-refractivity contribution in [1.29, 1.82) is 0 Å². The fourth-order valence-corrected chi connectivity index (χ4v) is 2.48. The van der Waals surface area contributed by atoms with Crippen LogP contribution in [-0.4, -0.2) is 4.98 Å². The number of hydrogen-bond acceptors (Lipinski definition) is 3. The lowest BCUT2D eigenvalue weighted by atomic mass is 10.3. The fraction of sp³-hybridized carbons (Fsp3) is 0. The quantitative estimate of drug-likeness (QED) is 0.759. The highest BCUT2D eigenvalue weighted by atomic mass is 127. The second-order valence-electron chi connectivity index (χ2n) is 2.26. The maximum Gasteiger partial charge on any atom is 0.181 e. The number of aromatic nitrogens is 1. The molecule has 2 nitrogen and oxygen atoms in total. The van der Waals surface area contributed by atoms with E-state index in [0.717, 1.165) is 8.27 Å². The molecule has 2 rings (SSSR count). The zero-order valence-corrected chi connectivity index (χ0v) is 8.82. The molecule has 0 saturated heterocycles. The molecule has 1 aromatic heterocycles. The Hall–Kier alpha value is -0.430. The Labute approximate surface area is 85.7 Å². The summed E-state index contributed by atoms with van der Waals surface area (Å²) in [7, 11) is 0. The molecule has 0 radical (unpaired) electrons. The van der Waals surface area contributed by atoms with Crippen LogP contribution in [0.5, 0.6) is 0 Å². The molecule has 0 bridgehead atoms. The Balaban J connectivity index is 2.93. The predicted octanol–water partition coefficient (Wildman–Crippen LogP) is 2.62. The summed E-state index contributed by atoms with van der Waals surface area (Å²) in [4.78, 5) is 3.89. The number of rotatable bonds is 0. The molecule has 2 aromatic rings. The van der Waals surface area contributed by atoms with Crippen LogP contribution in [0.3, 0.4) is 0 Å². The van der Waals surface area contributed by atoms with E-state index in [4.69, 9.17) is 5.73 Å². The summed E-state index contributed by atoms with van der Waals surface area (Å²) in [6.07, 6.45) is 0. The highest BCUT2D eigenvalue weighted by Crippen LogP contribution is 2.29. The van der Waals surface area contributed by atoms with E-state index in [0.29, 0.717) is 10.6 Å². The van der Waals surface area contributed by atoms with Crippen LogP contribution in [0.2, 0.25) is 0 Å². The Bertz CT molecular complexity index is 401. The number of thiazole rings is 1. The average molecular weight is 294 g/mol. The van der Waals surface area contributed by atoms with Gasteiger partial charge in [0, 0.05) is 3.57 Å². The number of nitrogens with zero attached hydrogens (tertiary/aromatic N) is 1. The van der Waals surface area contributed by atoms with Gasteiger partial charge in [-0.25, -0.2) is 9.37 Å². The van der Waals surface area contributed by atoms with Gasteiger partial charge in [-0.15, -0.1) is 0 Å². The first-order chi connectivity index (χ1) is 5.68. The van der Waals surface area contributed by atoms with Crippen molar-refractivity contribution in [2.45, 2.75) is 0 Å². The molecule has 0 amide bonds. The average Bonchev–Trinajstić information content (AvgIpc) is 2.41. The Morgan fingerprint density at radius 1 is 1.50 bits per heavy atom. The van der Waals surface area contributed by atoms with Gasteiger partial charge in [0.2, 0.25) is 0 Å². The first-order valence-corrected chi connectivity index (χ1v) is 5.08. The summed E-state index contributed by atoms with van der Waals surface area (Å²) < 4.78 is 14.9. The van der Waals surface area contributed by atoms with Gasteiger partial charge in [0.15, 0.2) is 5.13 Å². The third kappa shape index (κ3) is 1.16. The fourth-order valence-electron chi connectivity index (χ4n) is 0.961. The monoisotopic (exact) mass is 294 g/mol. The smallest absolute Gasteiger partial charge is 0.181 e. The van der Waals surface area contributed by atoms with Crippen molar-refractivity contribution in [2.24, 2.45) is 0 Å². The minimum absolute atomic E-state index is 0.307. The summed E-state index contributed by atoms with van der Waals surface area (Å²) >= 11 is 3.45. The number of nitrogens with two attached hydrogens (primary N) is 1. The van der Waals surface area contributed by atoms with Crippen LogP contribution in [0.1, 0.15) is 0 Å². The van der Waals surface area contributed by atoms with Gasteiger partial charge in [-0.1, -0.05) is 11.3 Å². The van der Waals surface area contributed by atoms with Crippen molar-refractivity contribution in [1.82, 2.24) is 4.98 Å². The summed E-state index contributed by atoms with van der Waals surface area (Å²) in [5, 5.41) is 0.410. The normalized spacial score (nSPS) is 10.8. The minimum Gasteiger partial charge on any atom is -0.375 e. The number of halogens is 2. The molecule has 62 valence electrons. The SMILES string of the molecule is Nc1nc2c(F)ccc(I)c2s1. The summed E-state index contributed by atoms with van der Waals surface area (Å²) in [6, 6.07) is 3.12. The number of fused-ring (bicyclic) bond motifs is 1.